The zero-order valence-electron chi connectivity index (χ0n) is 14.3. The van der Waals surface area contributed by atoms with Gasteiger partial charge in [0, 0.05) is 18.5 Å². The molecule has 1 N–H and O–H groups in total. The molecule has 2 amide bonds. The van der Waals surface area contributed by atoms with Gasteiger partial charge in [0.05, 0.1) is 18.3 Å². The van der Waals surface area contributed by atoms with Crippen molar-refractivity contribution in [2.45, 2.75) is 0 Å². The topological polar surface area (TPSA) is 78.5 Å². The predicted octanol–water partition coefficient (Wildman–Crippen LogP) is 2.06. The van der Waals surface area contributed by atoms with Crippen LogP contribution in [0, 0.1) is 0 Å². The van der Waals surface area contributed by atoms with Gasteiger partial charge in [-0.05, 0) is 18.2 Å². The van der Waals surface area contributed by atoms with E-state index in [1.807, 2.05) is 48.5 Å². The molecule has 0 unspecified atom stereocenters. The highest BCUT2D eigenvalue weighted by Gasteiger charge is 2.31. The minimum atomic E-state index is -0.240. The normalized spacial score (nSPS) is 14.7. The number of rotatable bonds is 3. The highest BCUT2D eigenvalue weighted by Crippen LogP contribution is 2.29. The second kappa shape index (κ2) is 6.51. The molecule has 0 radical (unpaired) electrons. The van der Waals surface area contributed by atoms with Gasteiger partial charge in [0.1, 0.15) is 12.3 Å². The van der Waals surface area contributed by atoms with E-state index in [9.17, 15) is 9.59 Å². The Morgan fingerprint density at radius 1 is 1.12 bits per heavy atom. The number of carbonyl (C=O) groups is 2. The van der Waals surface area contributed by atoms with Gasteiger partial charge in [0.2, 0.25) is 5.91 Å². The summed E-state index contributed by atoms with van der Waals surface area (Å²) in [7, 11) is 1.58. The van der Waals surface area contributed by atoms with Crippen molar-refractivity contribution in [3.05, 3.63) is 54.2 Å². The number of aromatic amines is 1. The molecule has 7 heteroatoms. The summed E-state index contributed by atoms with van der Waals surface area (Å²) >= 11 is 0. The number of carbonyl (C=O) groups excluding carboxylic acids is 2. The highest BCUT2D eigenvalue weighted by atomic mass is 16.5. The number of anilines is 1. The SMILES string of the molecule is COc1ccccc1N1CCN(C(=O)c2n[nH]c3ccccc23)CC1=O. The molecule has 0 spiro atoms. The van der Waals surface area contributed by atoms with Crippen molar-refractivity contribution in [3.63, 3.8) is 0 Å². The molecule has 0 saturated carbocycles. The third kappa shape index (κ3) is 2.67. The van der Waals surface area contributed by atoms with E-state index in [-0.39, 0.29) is 18.4 Å². The van der Waals surface area contributed by atoms with Gasteiger partial charge in [-0.1, -0.05) is 30.3 Å². The van der Waals surface area contributed by atoms with E-state index in [1.54, 1.807) is 12.0 Å². The fourth-order valence-corrected chi connectivity index (χ4v) is 3.23. The summed E-state index contributed by atoms with van der Waals surface area (Å²) in [6, 6.07) is 14.8. The van der Waals surface area contributed by atoms with Crippen LogP contribution in [0.4, 0.5) is 5.69 Å². The number of para-hydroxylation sites is 3. The molecule has 26 heavy (non-hydrogen) atoms. The van der Waals surface area contributed by atoms with Crippen LogP contribution in [0.2, 0.25) is 0 Å². The number of ether oxygens (including phenoxy) is 1. The third-order valence-electron chi connectivity index (χ3n) is 4.56. The molecular formula is C19H18N4O3. The van der Waals surface area contributed by atoms with Crippen LogP contribution in [0.15, 0.2) is 48.5 Å². The summed E-state index contributed by atoms with van der Waals surface area (Å²) in [6.45, 7) is 0.856. The van der Waals surface area contributed by atoms with Crippen LogP contribution >= 0.6 is 0 Å². The van der Waals surface area contributed by atoms with Crippen molar-refractivity contribution in [3.8, 4) is 5.75 Å². The van der Waals surface area contributed by atoms with Crippen molar-refractivity contribution >= 4 is 28.4 Å². The van der Waals surface area contributed by atoms with Crippen LogP contribution in [0.5, 0.6) is 5.75 Å². The lowest BCUT2D eigenvalue weighted by Gasteiger charge is -2.34. The van der Waals surface area contributed by atoms with Gasteiger partial charge in [0.25, 0.3) is 5.91 Å². The molecule has 1 aliphatic rings. The van der Waals surface area contributed by atoms with Crippen LogP contribution in [-0.2, 0) is 4.79 Å². The van der Waals surface area contributed by atoms with Crippen molar-refractivity contribution in [1.82, 2.24) is 15.1 Å². The lowest BCUT2D eigenvalue weighted by atomic mass is 10.1. The molecule has 1 fully saturated rings. The van der Waals surface area contributed by atoms with E-state index in [0.717, 1.165) is 16.6 Å². The van der Waals surface area contributed by atoms with E-state index in [2.05, 4.69) is 10.2 Å². The van der Waals surface area contributed by atoms with Crippen LogP contribution in [-0.4, -0.2) is 53.7 Å². The summed E-state index contributed by atoms with van der Waals surface area (Å²) in [5.41, 5.74) is 1.87. The Morgan fingerprint density at radius 3 is 2.69 bits per heavy atom. The molecule has 2 heterocycles. The number of benzene rings is 2. The standard InChI is InChI=1S/C19H18N4O3/c1-26-16-9-5-4-8-15(16)23-11-10-22(12-17(23)24)19(25)18-13-6-2-3-7-14(13)20-21-18/h2-9H,10-12H2,1H3,(H,20,21). The summed E-state index contributed by atoms with van der Waals surface area (Å²) in [5, 5.41) is 7.76. The fourth-order valence-electron chi connectivity index (χ4n) is 3.23. The number of H-pyrrole nitrogens is 1. The molecule has 1 aliphatic heterocycles. The van der Waals surface area contributed by atoms with Crippen LogP contribution in [0.25, 0.3) is 10.9 Å². The molecule has 2 aromatic carbocycles. The number of nitrogens with one attached hydrogen (secondary N) is 1. The zero-order valence-corrected chi connectivity index (χ0v) is 14.3. The van der Waals surface area contributed by atoms with Crippen molar-refractivity contribution in [2.75, 3.05) is 31.6 Å². The molecule has 1 aromatic heterocycles. The Morgan fingerprint density at radius 2 is 1.88 bits per heavy atom. The van der Waals surface area contributed by atoms with E-state index < -0.39 is 0 Å². The Hall–Kier alpha value is -3.35. The number of aromatic nitrogens is 2. The summed E-state index contributed by atoms with van der Waals surface area (Å²) in [6.07, 6.45) is 0. The second-order valence-electron chi connectivity index (χ2n) is 6.06. The van der Waals surface area contributed by atoms with Crippen LogP contribution < -0.4 is 9.64 Å². The first-order chi connectivity index (χ1) is 12.7. The maximum atomic E-state index is 12.8. The molecule has 0 aliphatic carbocycles. The maximum Gasteiger partial charge on any atom is 0.275 e. The number of methoxy groups -OCH3 is 1. The fraction of sp³-hybridized carbons (Fsp3) is 0.211. The average molecular weight is 350 g/mol. The lowest BCUT2D eigenvalue weighted by molar-refractivity contribution is -0.120. The van der Waals surface area contributed by atoms with Gasteiger partial charge in [0.15, 0.2) is 5.69 Å². The van der Waals surface area contributed by atoms with Crippen molar-refractivity contribution in [1.29, 1.82) is 0 Å². The minimum Gasteiger partial charge on any atom is -0.495 e. The summed E-state index contributed by atoms with van der Waals surface area (Å²) < 4.78 is 5.34. The van der Waals surface area contributed by atoms with Crippen molar-refractivity contribution in [2.24, 2.45) is 0 Å². The first kappa shape index (κ1) is 16.1. The minimum absolute atomic E-state index is 0.0120. The lowest BCUT2D eigenvalue weighted by Crippen LogP contribution is -2.52. The van der Waals surface area contributed by atoms with E-state index >= 15 is 0 Å². The molecule has 4 rings (SSSR count). The summed E-state index contributed by atoms with van der Waals surface area (Å²) in [4.78, 5) is 28.7. The second-order valence-corrected chi connectivity index (χ2v) is 6.06. The Labute approximate surface area is 150 Å². The number of hydrogen-bond donors (Lipinski definition) is 1. The average Bonchev–Trinajstić information content (AvgIpc) is 3.11. The largest absolute Gasteiger partial charge is 0.495 e. The number of amides is 2. The van der Waals surface area contributed by atoms with E-state index in [4.69, 9.17) is 4.74 Å². The Bertz CT molecular complexity index is 982. The Kier molecular flexibility index (Phi) is 4.04. The van der Waals surface area contributed by atoms with Gasteiger partial charge < -0.3 is 14.5 Å². The van der Waals surface area contributed by atoms with E-state index in [0.29, 0.717) is 24.5 Å². The molecule has 132 valence electrons. The highest BCUT2D eigenvalue weighted by molar-refractivity contribution is 6.07. The maximum absolute atomic E-state index is 12.8. The monoisotopic (exact) mass is 350 g/mol. The molecule has 3 aromatic rings. The zero-order chi connectivity index (χ0) is 18.1. The van der Waals surface area contributed by atoms with Crippen molar-refractivity contribution < 1.29 is 14.3 Å². The van der Waals surface area contributed by atoms with Gasteiger partial charge in [-0.3, -0.25) is 14.7 Å². The predicted molar refractivity (Wildman–Crippen MR) is 97.3 cm³/mol. The van der Waals surface area contributed by atoms with Crippen LogP contribution in [0.3, 0.4) is 0 Å². The first-order valence-electron chi connectivity index (χ1n) is 8.35. The first-order valence-corrected chi connectivity index (χ1v) is 8.35. The molecule has 0 bridgehead atoms. The van der Waals surface area contributed by atoms with Gasteiger partial charge >= 0.3 is 0 Å². The third-order valence-corrected chi connectivity index (χ3v) is 4.56. The summed E-state index contributed by atoms with van der Waals surface area (Å²) in [5.74, 6) is 0.253. The van der Waals surface area contributed by atoms with Gasteiger partial charge in [-0.2, -0.15) is 5.10 Å². The van der Waals surface area contributed by atoms with Gasteiger partial charge in [-0.15, -0.1) is 0 Å². The quantitative estimate of drug-likeness (QED) is 0.784. The Balaban J connectivity index is 1.55. The van der Waals surface area contributed by atoms with Crippen LogP contribution in [0.1, 0.15) is 10.5 Å². The molecular weight excluding hydrogens is 332 g/mol. The molecule has 0 atom stereocenters. The smallest absolute Gasteiger partial charge is 0.275 e. The van der Waals surface area contributed by atoms with E-state index in [1.165, 1.54) is 4.90 Å². The number of piperazine rings is 1. The number of nitrogens with zero attached hydrogens (tertiary/aromatic N) is 3. The number of hydrogen-bond acceptors (Lipinski definition) is 4. The molecule has 7 nitrogen and oxygen atoms in total. The number of fused-ring (bicyclic) bond motifs is 1. The van der Waals surface area contributed by atoms with Gasteiger partial charge in [-0.25, -0.2) is 0 Å². The molecule has 1 saturated heterocycles.